The van der Waals surface area contributed by atoms with E-state index < -0.39 is 23.4 Å². The Morgan fingerprint density at radius 2 is 1.61 bits per heavy atom. The van der Waals surface area contributed by atoms with Gasteiger partial charge in [0.25, 0.3) is 11.8 Å². The molecule has 8 nitrogen and oxygen atoms in total. The standard InChI is InChI=1S/C20H14ClF2N5O3/c21-12-5-6-17(25-9-12)27-20(30)13-7-14(22)15(23)8-16(13)26-19(29)11-3-1-10(2-4-11)18(24)28-31/h1-9,31H,(H2,24,28)(H,26,29)(H,25,27,30). The highest BCUT2D eigenvalue weighted by Crippen LogP contribution is 2.22. The minimum atomic E-state index is -1.27. The molecule has 2 aromatic carbocycles. The lowest BCUT2D eigenvalue weighted by atomic mass is 10.1. The maximum absolute atomic E-state index is 13.8. The van der Waals surface area contributed by atoms with Gasteiger partial charge in [-0.2, -0.15) is 0 Å². The number of nitrogens with two attached hydrogens (primary N) is 1. The van der Waals surface area contributed by atoms with Crippen molar-refractivity contribution in [2.45, 2.75) is 0 Å². The molecule has 11 heteroatoms. The van der Waals surface area contributed by atoms with Crippen molar-refractivity contribution in [3.05, 3.63) is 88.1 Å². The highest BCUT2D eigenvalue weighted by atomic mass is 35.5. The summed E-state index contributed by atoms with van der Waals surface area (Å²) in [6.07, 6.45) is 1.29. The normalized spacial score (nSPS) is 11.1. The molecule has 5 N–H and O–H groups in total. The molecule has 3 rings (SSSR count). The highest BCUT2D eigenvalue weighted by molar-refractivity contribution is 6.30. The lowest BCUT2D eigenvalue weighted by Gasteiger charge is -2.12. The van der Waals surface area contributed by atoms with Crippen LogP contribution in [-0.2, 0) is 0 Å². The average molecular weight is 446 g/mol. The number of carbonyl (C=O) groups is 2. The Bertz CT molecular complexity index is 1170. The number of hydrogen-bond donors (Lipinski definition) is 4. The van der Waals surface area contributed by atoms with E-state index >= 15 is 0 Å². The molecule has 1 heterocycles. The van der Waals surface area contributed by atoms with E-state index in [0.717, 1.165) is 0 Å². The van der Waals surface area contributed by atoms with E-state index in [9.17, 15) is 18.4 Å². The maximum Gasteiger partial charge on any atom is 0.259 e. The number of nitrogens with zero attached hydrogens (tertiary/aromatic N) is 2. The summed E-state index contributed by atoms with van der Waals surface area (Å²) >= 11 is 5.74. The summed E-state index contributed by atoms with van der Waals surface area (Å²) in [4.78, 5) is 29.0. The monoisotopic (exact) mass is 445 g/mol. The number of oxime groups is 1. The van der Waals surface area contributed by atoms with E-state index in [1.165, 1.54) is 42.6 Å². The molecule has 0 aliphatic carbocycles. The van der Waals surface area contributed by atoms with Crippen LogP contribution in [0.5, 0.6) is 0 Å². The first-order chi connectivity index (χ1) is 14.8. The number of aromatic nitrogens is 1. The summed E-state index contributed by atoms with van der Waals surface area (Å²) in [7, 11) is 0. The zero-order valence-electron chi connectivity index (χ0n) is 15.6. The number of rotatable bonds is 5. The van der Waals surface area contributed by atoms with Crippen LogP contribution in [0.15, 0.2) is 59.9 Å². The first kappa shape index (κ1) is 21.7. The van der Waals surface area contributed by atoms with Crippen LogP contribution >= 0.6 is 11.6 Å². The van der Waals surface area contributed by atoms with Gasteiger partial charge in [0.05, 0.1) is 16.3 Å². The average Bonchev–Trinajstić information content (AvgIpc) is 2.77. The van der Waals surface area contributed by atoms with Gasteiger partial charge in [-0.1, -0.05) is 28.9 Å². The molecule has 31 heavy (non-hydrogen) atoms. The van der Waals surface area contributed by atoms with Crippen molar-refractivity contribution in [1.29, 1.82) is 0 Å². The molecule has 0 fully saturated rings. The summed E-state index contributed by atoms with van der Waals surface area (Å²) in [6.45, 7) is 0. The van der Waals surface area contributed by atoms with Gasteiger partial charge in [-0.05, 0) is 30.3 Å². The molecule has 0 radical (unpaired) electrons. The summed E-state index contributed by atoms with van der Waals surface area (Å²) in [5.41, 5.74) is 5.38. The molecule has 0 saturated carbocycles. The van der Waals surface area contributed by atoms with Gasteiger partial charge in [0, 0.05) is 23.4 Å². The number of hydrogen-bond acceptors (Lipinski definition) is 5. The van der Waals surface area contributed by atoms with Crippen molar-refractivity contribution < 1.29 is 23.6 Å². The smallest absolute Gasteiger partial charge is 0.259 e. The number of halogens is 3. The van der Waals surface area contributed by atoms with Crippen LogP contribution in [0.3, 0.4) is 0 Å². The first-order valence-electron chi connectivity index (χ1n) is 8.59. The maximum atomic E-state index is 13.8. The zero-order chi connectivity index (χ0) is 22.5. The largest absolute Gasteiger partial charge is 0.409 e. The lowest BCUT2D eigenvalue weighted by molar-refractivity contribution is 0.102. The van der Waals surface area contributed by atoms with Crippen LogP contribution in [0.1, 0.15) is 26.3 Å². The van der Waals surface area contributed by atoms with Gasteiger partial charge < -0.3 is 21.6 Å². The lowest BCUT2D eigenvalue weighted by Crippen LogP contribution is -2.20. The number of benzene rings is 2. The fourth-order valence-electron chi connectivity index (χ4n) is 2.52. The van der Waals surface area contributed by atoms with E-state index in [0.29, 0.717) is 22.7 Å². The fourth-order valence-corrected chi connectivity index (χ4v) is 2.63. The van der Waals surface area contributed by atoms with Crippen molar-refractivity contribution in [2.75, 3.05) is 10.6 Å². The van der Waals surface area contributed by atoms with E-state index in [2.05, 4.69) is 20.8 Å². The molecule has 1 aromatic heterocycles. The number of amidine groups is 1. The van der Waals surface area contributed by atoms with Crippen molar-refractivity contribution in [3.63, 3.8) is 0 Å². The molecule has 0 spiro atoms. The van der Waals surface area contributed by atoms with Crippen LogP contribution in [-0.4, -0.2) is 27.8 Å². The predicted octanol–water partition coefficient (Wildman–Crippen LogP) is 3.61. The molecule has 3 aromatic rings. The minimum absolute atomic E-state index is 0.120. The Kier molecular flexibility index (Phi) is 6.41. The zero-order valence-corrected chi connectivity index (χ0v) is 16.3. The molecule has 0 unspecified atom stereocenters. The van der Waals surface area contributed by atoms with Gasteiger partial charge in [0.2, 0.25) is 0 Å². The highest BCUT2D eigenvalue weighted by Gasteiger charge is 2.19. The van der Waals surface area contributed by atoms with E-state index in [1.54, 1.807) is 0 Å². The van der Waals surface area contributed by atoms with Crippen LogP contribution in [0.25, 0.3) is 0 Å². The summed E-state index contributed by atoms with van der Waals surface area (Å²) in [5.74, 6) is -4.08. The van der Waals surface area contributed by atoms with Crippen LogP contribution in [0.2, 0.25) is 5.02 Å². The number of pyridine rings is 1. The molecule has 0 bridgehead atoms. The van der Waals surface area contributed by atoms with Crippen LogP contribution in [0, 0.1) is 11.6 Å². The van der Waals surface area contributed by atoms with Crippen molar-refractivity contribution in [2.24, 2.45) is 10.9 Å². The topological polar surface area (TPSA) is 130 Å². The fraction of sp³-hybridized carbons (Fsp3) is 0. The Labute approximate surface area is 179 Å². The third kappa shape index (κ3) is 5.11. The van der Waals surface area contributed by atoms with Gasteiger partial charge in [-0.25, -0.2) is 13.8 Å². The van der Waals surface area contributed by atoms with Gasteiger partial charge in [0.1, 0.15) is 5.82 Å². The van der Waals surface area contributed by atoms with E-state index in [-0.39, 0.29) is 28.5 Å². The van der Waals surface area contributed by atoms with Crippen molar-refractivity contribution in [1.82, 2.24) is 4.98 Å². The molecule has 2 amide bonds. The second-order valence-electron chi connectivity index (χ2n) is 6.14. The van der Waals surface area contributed by atoms with Crippen LogP contribution in [0.4, 0.5) is 20.3 Å². The molecule has 0 aliphatic heterocycles. The van der Waals surface area contributed by atoms with Crippen LogP contribution < -0.4 is 16.4 Å². The Balaban J connectivity index is 1.86. The molecule has 0 saturated heterocycles. The Morgan fingerprint density at radius 1 is 0.968 bits per heavy atom. The molecule has 0 atom stereocenters. The van der Waals surface area contributed by atoms with Gasteiger partial charge >= 0.3 is 0 Å². The molecule has 0 aliphatic rings. The van der Waals surface area contributed by atoms with Crippen molar-refractivity contribution in [3.8, 4) is 0 Å². The summed E-state index contributed by atoms with van der Waals surface area (Å²) in [6, 6.07) is 9.86. The van der Waals surface area contributed by atoms with Gasteiger partial charge in [-0.15, -0.1) is 0 Å². The minimum Gasteiger partial charge on any atom is -0.409 e. The molecular formula is C20H14ClF2N5O3. The first-order valence-corrected chi connectivity index (χ1v) is 8.97. The van der Waals surface area contributed by atoms with E-state index in [1.807, 2.05) is 0 Å². The van der Waals surface area contributed by atoms with Crippen molar-refractivity contribution >= 4 is 40.8 Å². The molecular weight excluding hydrogens is 432 g/mol. The summed E-state index contributed by atoms with van der Waals surface area (Å²) < 4.78 is 27.6. The quantitative estimate of drug-likeness (QED) is 0.206. The van der Waals surface area contributed by atoms with Gasteiger partial charge in [0.15, 0.2) is 17.5 Å². The molecule has 158 valence electrons. The predicted molar refractivity (Wildman–Crippen MR) is 110 cm³/mol. The number of nitrogens with one attached hydrogen (secondary N) is 2. The second kappa shape index (κ2) is 9.18. The Hall–Kier alpha value is -4.05. The number of amides is 2. The number of anilines is 2. The summed E-state index contributed by atoms with van der Waals surface area (Å²) in [5, 5.41) is 16.7. The van der Waals surface area contributed by atoms with Gasteiger partial charge in [-0.3, -0.25) is 9.59 Å². The Morgan fingerprint density at radius 3 is 2.23 bits per heavy atom. The third-order valence-electron chi connectivity index (χ3n) is 4.07. The van der Waals surface area contributed by atoms with E-state index in [4.69, 9.17) is 22.5 Å². The third-order valence-corrected chi connectivity index (χ3v) is 4.30. The number of carbonyl (C=O) groups excluding carboxylic acids is 2. The second-order valence-corrected chi connectivity index (χ2v) is 6.58. The SMILES string of the molecule is NC(=NO)c1ccc(C(=O)Nc2cc(F)c(F)cc2C(=O)Nc2ccc(Cl)cn2)cc1.